The van der Waals surface area contributed by atoms with Gasteiger partial charge < -0.3 is 5.32 Å². The maximum absolute atomic E-state index is 12.1. The molecule has 2 N–H and O–H groups in total. The number of carbonyl (C=O) groups excluding carboxylic acids is 1. The molecule has 0 bridgehead atoms. The van der Waals surface area contributed by atoms with E-state index in [0.717, 1.165) is 29.8 Å². The Balaban J connectivity index is 1.61. The molecule has 1 atom stereocenters. The number of rotatable bonds is 5. The molecule has 22 heavy (non-hydrogen) atoms. The smallest absolute Gasteiger partial charge is 0.239 e. The third kappa shape index (κ3) is 3.59. The van der Waals surface area contributed by atoms with E-state index in [1.807, 2.05) is 32.0 Å². The number of carbonyl (C=O) groups is 1. The van der Waals surface area contributed by atoms with Crippen molar-refractivity contribution in [3.63, 3.8) is 0 Å². The number of aromatic nitrogens is 3. The molecule has 1 aromatic carbocycles. The second-order valence-corrected chi connectivity index (χ2v) is 7.04. The molecule has 116 valence electrons. The average Bonchev–Trinajstić information content (AvgIpc) is 3.14. The number of aromatic amines is 1. The maximum Gasteiger partial charge on any atom is 0.239 e. The van der Waals surface area contributed by atoms with Crippen LogP contribution in [0.2, 0.25) is 0 Å². The fraction of sp³-hybridized carbons (Fsp3) is 0.400. The van der Waals surface area contributed by atoms with Gasteiger partial charge in [-0.15, -0.1) is 5.10 Å². The molecular formula is C15H18N4O2S. The second kappa shape index (κ2) is 6.00. The molecule has 1 saturated carbocycles. The summed E-state index contributed by atoms with van der Waals surface area (Å²) in [6.45, 7) is 3.93. The fourth-order valence-electron chi connectivity index (χ4n) is 2.33. The van der Waals surface area contributed by atoms with Gasteiger partial charge in [-0.1, -0.05) is 6.07 Å². The van der Waals surface area contributed by atoms with Crippen molar-refractivity contribution in [3.05, 3.63) is 35.2 Å². The normalized spacial score (nSPS) is 15.5. The predicted molar refractivity (Wildman–Crippen MR) is 84.2 cm³/mol. The lowest BCUT2D eigenvalue weighted by molar-refractivity contribution is -0.113. The van der Waals surface area contributed by atoms with Crippen molar-refractivity contribution in [1.29, 1.82) is 0 Å². The Morgan fingerprint density at radius 1 is 1.32 bits per heavy atom. The third-order valence-corrected chi connectivity index (χ3v) is 4.53. The summed E-state index contributed by atoms with van der Waals surface area (Å²) >= 11 is 0. The fourth-order valence-corrected chi connectivity index (χ4v) is 3.11. The zero-order valence-electron chi connectivity index (χ0n) is 12.5. The quantitative estimate of drug-likeness (QED) is 0.883. The van der Waals surface area contributed by atoms with Gasteiger partial charge in [-0.2, -0.15) is 0 Å². The first-order chi connectivity index (χ1) is 10.5. The molecule has 0 saturated heterocycles. The summed E-state index contributed by atoms with van der Waals surface area (Å²) in [6.07, 6.45) is 2.18. The number of H-pyrrole nitrogens is 1. The lowest BCUT2D eigenvalue weighted by atomic mass is 10.1. The molecule has 1 fully saturated rings. The number of hydrogen-bond acceptors (Lipinski definition) is 4. The molecule has 7 heteroatoms. The van der Waals surface area contributed by atoms with Gasteiger partial charge in [-0.25, -0.2) is 4.98 Å². The minimum Gasteiger partial charge on any atom is -0.325 e. The molecular weight excluding hydrogens is 300 g/mol. The van der Waals surface area contributed by atoms with Crippen LogP contribution in [0.15, 0.2) is 23.4 Å². The second-order valence-electron chi connectivity index (χ2n) is 5.69. The van der Waals surface area contributed by atoms with E-state index in [2.05, 4.69) is 20.5 Å². The number of nitrogens with zero attached hydrogens (tertiary/aromatic N) is 2. The molecule has 1 aromatic heterocycles. The standard InChI is InChI=1S/C15H18N4O2S/c1-9-5-10(2)7-12(6-9)16-13(20)8-22(21)15-17-14(18-19-15)11-3-4-11/h5-7,11H,3-4,8H2,1-2H3,(H,16,20)(H,17,18,19)/t22-/m1/s1. The number of benzene rings is 1. The van der Waals surface area contributed by atoms with E-state index in [0.29, 0.717) is 11.6 Å². The maximum atomic E-state index is 12.1. The minimum atomic E-state index is -1.53. The van der Waals surface area contributed by atoms with E-state index < -0.39 is 10.8 Å². The van der Waals surface area contributed by atoms with Crippen molar-refractivity contribution in [2.24, 2.45) is 0 Å². The highest BCUT2D eigenvalue weighted by Gasteiger charge is 2.28. The molecule has 0 unspecified atom stereocenters. The Kier molecular flexibility index (Phi) is 4.06. The molecule has 1 aliphatic carbocycles. The Morgan fingerprint density at radius 2 is 2.00 bits per heavy atom. The zero-order chi connectivity index (χ0) is 15.7. The largest absolute Gasteiger partial charge is 0.325 e. The van der Waals surface area contributed by atoms with Crippen LogP contribution in [0.3, 0.4) is 0 Å². The summed E-state index contributed by atoms with van der Waals surface area (Å²) < 4.78 is 12.1. The monoisotopic (exact) mass is 318 g/mol. The van der Waals surface area contributed by atoms with Gasteiger partial charge >= 0.3 is 0 Å². The summed E-state index contributed by atoms with van der Waals surface area (Å²) in [5.41, 5.74) is 2.85. The molecule has 3 rings (SSSR count). The number of anilines is 1. The van der Waals surface area contributed by atoms with Crippen molar-refractivity contribution < 1.29 is 9.00 Å². The molecule has 1 heterocycles. The average molecular weight is 318 g/mol. The van der Waals surface area contributed by atoms with Gasteiger partial charge in [0.05, 0.1) is 0 Å². The van der Waals surface area contributed by atoms with Gasteiger partial charge in [0.15, 0.2) is 0 Å². The topological polar surface area (TPSA) is 87.7 Å². The van der Waals surface area contributed by atoms with E-state index in [4.69, 9.17) is 0 Å². The molecule has 6 nitrogen and oxygen atoms in total. The van der Waals surface area contributed by atoms with E-state index in [1.165, 1.54) is 0 Å². The summed E-state index contributed by atoms with van der Waals surface area (Å²) in [7, 11) is -1.53. The highest BCUT2D eigenvalue weighted by atomic mass is 32.2. The van der Waals surface area contributed by atoms with Crippen LogP contribution in [0.25, 0.3) is 0 Å². The Morgan fingerprint density at radius 3 is 2.64 bits per heavy atom. The SMILES string of the molecule is Cc1cc(C)cc(NC(=O)C[S@@](=O)c2n[nH]c(C3CC3)n2)c1. The van der Waals surface area contributed by atoms with Gasteiger partial charge in [0.1, 0.15) is 22.4 Å². The van der Waals surface area contributed by atoms with Crippen LogP contribution in [-0.4, -0.2) is 31.1 Å². The highest BCUT2D eigenvalue weighted by molar-refractivity contribution is 7.85. The summed E-state index contributed by atoms with van der Waals surface area (Å²) in [6, 6.07) is 5.79. The van der Waals surface area contributed by atoms with Gasteiger partial charge in [-0.3, -0.25) is 14.1 Å². The van der Waals surface area contributed by atoms with Gasteiger partial charge in [0.25, 0.3) is 0 Å². The first-order valence-electron chi connectivity index (χ1n) is 7.20. The number of nitrogens with one attached hydrogen (secondary N) is 2. The summed E-state index contributed by atoms with van der Waals surface area (Å²) in [4.78, 5) is 16.2. The molecule has 0 radical (unpaired) electrons. The first-order valence-corrected chi connectivity index (χ1v) is 8.52. The van der Waals surface area contributed by atoms with E-state index in [-0.39, 0.29) is 16.8 Å². The number of amides is 1. The first kappa shape index (κ1) is 14.9. The van der Waals surface area contributed by atoms with Crippen LogP contribution in [0.5, 0.6) is 0 Å². The molecule has 1 aliphatic rings. The van der Waals surface area contributed by atoms with Gasteiger partial charge in [0.2, 0.25) is 11.1 Å². The Bertz CT molecular complexity index is 717. The van der Waals surface area contributed by atoms with Crippen LogP contribution < -0.4 is 5.32 Å². The van der Waals surface area contributed by atoms with Crippen LogP contribution in [-0.2, 0) is 15.6 Å². The lowest BCUT2D eigenvalue weighted by Crippen LogP contribution is -2.20. The molecule has 1 amide bonds. The van der Waals surface area contributed by atoms with E-state index >= 15 is 0 Å². The summed E-state index contributed by atoms with van der Waals surface area (Å²) in [5, 5.41) is 9.72. The van der Waals surface area contributed by atoms with Crippen molar-refractivity contribution >= 4 is 22.4 Å². The Labute approximate surface area is 131 Å². The van der Waals surface area contributed by atoms with Crippen LogP contribution in [0.4, 0.5) is 5.69 Å². The third-order valence-electron chi connectivity index (χ3n) is 3.42. The van der Waals surface area contributed by atoms with Crippen molar-refractivity contribution in [2.45, 2.75) is 37.8 Å². The van der Waals surface area contributed by atoms with E-state index in [9.17, 15) is 9.00 Å². The summed E-state index contributed by atoms with van der Waals surface area (Å²) in [5.74, 6) is 0.746. The minimum absolute atomic E-state index is 0.144. The predicted octanol–water partition coefficient (Wildman–Crippen LogP) is 2.05. The van der Waals surface area contributed by atoms with Crippen molar-refractivity contribution in [2.75, 3.05) is 11.1 Å². The lowest BCUT2D eigenvalue weighted by Gasteiger charge is -2.06. The van der Waals surface area contributed by atoms with Crippen LogP contribution in [0, 0.1) is 13.8 Å². The zero-order valence-corrected chi connectivity index (χ0v) is 13.4. The van der Waals surface area contributed by atoms with Crippen molar-refractivity contribution in [1.82, 2.24) is 15.2 Å². The molecule has 0 aliphatic heterocycles. The van der Waals surface area contributed by atoms with Gasteiger partial charge in [0, 0.05) is 11.6 Å². The number of aryl methyl sites for hydroxylation is 2. The Hall–Kier alpha value is -2.02. The number of hydrogen-bond donors (Lipinski definition) is 2. The van der Waals surface area contributed by atoms with E-state index in [1.54, 1.807) is 0 Å². The highest BCUT2D eigenvalue weighted by Crippen LogP contribution is 2.37. The molecule has 0 spiro atoms. The van der Waals surface area contributed by atoms with Gasteiger partial charge in [-0.05, 0) is 49.9 Å². The van der Waals surface area contributed by atoms with Crippen LogP contribution in [0.1, 0.15) is 35.7 Å². The van der Waals surface area contributed by atoms with Crippen molar-refractivity contribution in [3.8, 4) is 0 Å². The molecule has 2 aromatic rings. The van der Waals surface area contributed by atoms with Crippen LogP contribution >= 0.6 is 0 Å².